The van der Waals surface area contributed by atoms with Crippen LogP contribution in [0.5, 0.6) is 0 Å². The van der Waals surface area contributed by atoms with Crippen LogP contribution in [0.3, 0.4) is 0 Å². The molecule has 1 aliphatic rings. The van der Waals surface area contributed by atoms with Crippen molar-refractivity contribution in [3.8, 4) is 0 Å². The number of fused-ring (bicyclic) bond motifs is 1. The van der Waals surface area contributed by atoms with Crippen LogP contribution in [0, 0.1) is 5.41 Å². The van der Waals surface area contributed by atoms with Gasteiger partial charge >= 0.3 is 0 Å². The molecular formula is C31H24Br2N2OS. The van der Waals surface area contributed by atoms with E-state index in [-0.39, 0.29) is 11.2 Å². The van der Waals surface area contributed by atoms with Crippen molar-refractivity contribution in [3.05, 3.63) is 122 Å². The summed E-state index contributed by atoms with van der Waals surface area (Å²) in [6.07, 6.45) is 3.95. The Morgan fingerprint density at radius 1 is 0.838 bits per heavy atom. The van der Waals surface area contributed by atoms with Gasteiger partial charge in [0.2, 0.25) is 0 Å². The highest BCUT2D eigenvalue weighted by molar-refractivity contribution is 9.11. The van der Waals surface area contributed by atoms with Crippen LogP contribution in [-0.2, 0) is 4.79 Å². The molecule has 3 nitrogen and oxygen atoms in total. The molecule has 4 aromatic rings. The summed E-state index contributed by atoms with van der Waals surface area (Å²) in [5, 5.41) is 10.5. The van der Waals surface area contributed by atoms with Crippen LogP contribution in [0.1, 0.15) is 31.2 Å². The normalized spacial score (nSPS) is 15.8. The van der Waals surface area contributed by atoms with Gasteiger partial charge in [-0.3, -0.25) is 4.79 Å². The van der Waals surface area contributed by atoms with E-state index in [1.54, 1.807) is 11.3 Å². The van der Waals surface area contributed by atoms with E-state index in [9.17, 15) is 4.79 Å². The molecule has 0 fully saturated rings. The lowest BCUT2D eigenvalue weighted by Crippen LogP contribution is -2.21. The number of hydrogen-bond donors (Lipinski definition) is 0. The maximum Gasteiger partial charge on any atom is 0.190 e. The standard InChI is InChI=1S/C31H24Br2N2OS/c1-31(2,3)25-18-20(17-24(29(25)36)19-9-5-4-6-10-19)28(35-34-22-15-13-21(32)14-16-22)30-27(33)23-11-7-8-12-26(23)37-30/h4-18H,1-3H3/b28-20+,35-34?. The number of azo groups is 1. The highest BCUT2D eigenvalue weighted by Crippen LogP contribution is 2.44. The molecule has 6 heteroatoms. The minimum Gasteiger partial charge on any atom is -0.289 e. The van der Waals surface area contributed by atoms with E-state index in [0.29, 0.717) is 5.57 Å². The Hall–Kier alpha value is -2.93. The number of carbonyl (C=O) groups is 1. The highest BCUT2D eigenvalue weighted by Gasteiger charge is 2.31. The van der Waals surface area contributed by atoms with E-state index >= 15 is 0 Å². The molecule has 0 unspecified atom stereocenters. The zero-order valence-electron chi connectivity index (χ0n) is 20.6. The Balaban J connectivity index is 1.79. The molecule has 0 amide bonds. The van der Waals surface area contributed by atoms with Crippen molar-refractivity contribution in [1.29, 1.82) is 0 Å². The average molecular weight is 632 g/mol. The summed E-state index contributed by atoms with van der Waals surface area (Å²) >= 11 is 8.98. The van der Waals surface area contributed by atoms with Gasteiger partial charge in [-0.25, -0.2) is 0 Å². The van der Waals surface area contributed by atoms with Gasteiger partial charge in [-0.05, 0) is 69.4 Å². The molecule has 0 saturated carbocycles. The number of ketones is 1. The highest BCUT2D eigenvalue weighted by atomic mass is 79.9. The third kappa shape index (κ3) is 5.37. The average Bonchev–Trinajstić information content (AvgIpc) is 3.22. The molecule has 0 bridgehead atoms. The van der Waals surface area contributed by atoms with Gasteiger partial charge in [-0.2, -0.15) is 5.11 Å². The van der Waals surface area contributed by atoms with Crippen LogP contribution in [0.2, 0.25) is 0 Å². The zero-order valence-corrected chi connectivity index (χ0v) is 24.6. The van der Waals surface area contributed by atoms with Crippen LogP contribution in [0.25, 0.3) is 21.4 Å². The number of thiophene rings is 1. The van der Waals surface area contributed by atoms with Crippen molar-refractivity contribution >= 4 is 76.0 Å². The first kappa shape index (κ1) is 25.7. The first-order valence-corrected chi connectivity index (χ1v) is 14.3. The van der Waals surface area contributed by atoms with Gasteiger partial charge in [-0.1, -0.05) is 85.2 Å². The molecule has 0 aliphatic heterocycles. The number of allylic oxidation sites excluding steroid dienone is 5. The lowest BCUT2D eigenvalue weighted by molar-refractivity contribution is -0.111. The molecule has 0 atom stereocenters. The molecule has 0 spiro atoms. The second kappa shape index (κ2) is 10.4. The van der Waals surface area contributed by atoms with Crippen molar-refractivity contribution in [1.82, 2.24) is 0 Å². The molecule has 0 N–H and O–H groups in total. The Bertz CT molecular complexity index is 1620. The third-order valence-corrected chi connectivity index (χ3v) is 8.89. The Morgan fingerprint density at radius 2 is 1.51 bits per heavy atom. The van der Waals surface area contributed by atoms with E-state index in [2.05, 4.69) is 69.9 Å². The van der Waals surface area contributed by atoms with Gasteiger partial charge < -0.3 is 0 Å². The maximum absolute atomic E-state index is 13.7. The predicted molar refractivity (Wildman–Crippen MR) is 162 cm³/mol. The molecule has 37 heavy (non-hydrogen) atoms. The molecule has 184 valence electrons. The van der Waals surface area contributed by atoms with E-state index in [0.717, 1.165) is 52.0 Å². The number of carbonyl (C=O) groups excluding carboxylic acids is 1. The smallest absolute Gasteiger partial charge is 0.190 e. The lowest BCUT2D eigenvalue weighted by atomic mass is 9.76. The van der Waals surface area contributed by atoms with Crippen LogP contribution >= 0.6 is 43.2 Å². The Morgan fingerprint density at radius 3 is 2.19 bits per heavy atom. The quantitative estimate of drug-likeness (QED) is 0.207. The molecule has 1 aromatic heterocycles. The van der Waals surface area contributed by atoms with Gasteiger partial charge in [0, 0.05) is 35.8 Å². The van der Waals surface area contributed by atoms with E-state index in [4.69, 9.17) is 5.11 Å². The van der Waals surface area contributed by atoms with Crippen LogP contribution < -0.4 is 0 Å². The fourth-order valence-electron chi connectivity index (χ4n) is 4.17. The molecule has 5 rings (SSSR count). The van der Waals surface area contributed by atoms with E-state index in [1.165, 1.54) is 0 Å². The summed E-state index contributed by atoms with van der Waals surface area (Å²) in [6, 6.07) is 25.8. The van der Waals surface area contributed by atoms with Crippen molar-refractivity contribution < 1.29 is 4.79 Å². The van der Waals surface area contributed by atoms with Crippen molar-refractivity contribution in [2.75, 3.05) is 0 Å². The van der Waals surface area contributed by atoms with Crippen LogP contribution in [0.15, 0.2) is 121 Å². The van der Waals surface area contributed by atoms with Gasteiger partial charge in [0.1, 0.15) is 5.70 Å². The van der Waals surface area contributed by atoms with Crippen molar-refractivity contribution in [2.45, 2.75) is 20.8 Å². The zero-order chi connectivity index (χ0) is 26.2. The first-order chi connectivity index (χ1) is 17.7. The predicted octanol–water partition coefficient (Wildman–Crippen LogP) is 10.6. The lowest BCUT2D eigenvalue weighted by Gasteiger charge is -2.26. The number of halogens is 2. The molecule has 1 aliphatic carbocycles. The Labute approximate surface area is 237 Å². The van der Waals surface area contributed by atoms with Gasteiger partial charge in [0.15, 0.2) is 5.78 Å². The number of hydrogen-bond acceptors (Lipinski definition) is 4. The molecule has 0 radical (unpaired) electrons. The summed E-state index contributed by atoms with van der Waals surface area (Å²) in [5.74, 6) is 0.0436. The topological polar surface area (TPSA) is 41.8 Å². The largest absolute Gasteiger partial charge is 0.289 e. The number of nitrogens with zero attached hydrogens (tertiary/aromatic N) is 2. The van der Waals surface area contributed by atoms with Crippen molar-refractivity contribution in [3.63, 3.8) is 0 Å². The molecule has 0 saturated heterocycles. The fraction of sp³-hybridized carbons (Fsp3) is 0.129. The van der Waals surface area contributed by atoms with E-state index in [1.807, 2.05) is 78.9 Å². The second-order valence-corrected chi connectivity index (χ2v) is 12.5. The Kier molecular flexibility index (Phi) is 7.26. The third-order valence-electron chi connectivity index (χ3n) is 6.10. The first-order valence-electron chi connectivity index (χ1n) is 11.9. The van der Waals surface area contributed by atoms with Gasteiger partial charge in [0.05, 0.1) is 10.6 Å². The van der Waals surface area contributed by atoms with Crippen LogP contribution in [-0.4, -0.2) is 5.78 Å². The molecule has 3 aromatic carbocycles. The maximum atomic E-state index is 13.7. The van der Waals surface area contributed by atoms with Gasteiger partial charge in [-0.15, -0.1) is 16.5 Å². The van der Waals surface area contributed by atoms with Crippen LogP contribution in [0.4, 0.5) is 5.69 Å². The summed E-state index contributed by atoms with van der Waals surface area (Å²) < 4.78 is 3.11. The second-order valence-electron chi connectivity index (χ2n) is 9.78. The number of Topliss-reactive ketones (excluding diaryl/α,β-unsaturated/α-hetero) is 1. The molecule has 1 heterocycles. The fourth-order valence-corrected chi connectivity index (χ4v) is 6.44. The summed E-state index contributed by atoms with van der Waals surface area (Å²) in [6.45, 7) is 6.21. The van der Waals surface area contributed by atoms with Gasteiger partial charge in [0.25, 0.3) is 0 Å². The van der Waals surface area contributed by atoms with Crippen molar-refractivity contribution in [2.24, 2.45) is 15.6 Å². The minimum atomic E-state index is -0.345. The minimum absolute atomic E-state index is 0.0436. The summed E-state index contributed by atoms with van der Waals surface area (Å²) in [5.41, 5.74) is 4.28. The van der Waals surface area contributed by atoms with E-state index < -0.39 is 0 Å². The summed E-state index contributed by atoms with van der Waals surface area (Å²) in [7, 11) is 0. The SMILES string of the molecule is CC(C)(C)C1=C/C(=C(/N=Nc2ccc(Br)cc2)c2sc3ccccc3c2Br)C=C(c2ccccc2)C1=O. The number of rotatable bonds is 4. The monoisotopic (exact) mass is 630 g/mol. The number of benzene rings is 3. The molecular weight excluding hydrogens is 608 g/mol. The summed E-state index contributed by atoms with van der Waals surface area (Å²) in [4.78, 5) is 14.6.